The van der Waals surface area contributed by atoms with Crippen molar-refractivity contribution in [3.63, 3.8) is 0 Å². The number of rotatable bonds is 3. The molecule has 1 N–H and O–H groups in total. The minimum Gasteiger partial charge on any atom is -0.391 e. The lowest BCUT2D eigenvalue weighted by molar-refractivity contribution is 0.0736. The number of aliphatic hydroxyl groups excluding tert-OH is 1. The number of carbonyl (C=O) groups is 1. The number of Topliss-reactive ketones (excluding diaryl/α,β-unsaturated/α-hetero) is 1. The molecular weight excluding hydrogens is 250 g/mol. The number of nitrogens with zero attached hydrogens (tertiary/aromatic N) is 1. The van der Waals surface area contributed by atoms with E-state index >= 15 is 0 Å². The van der Waals surface area contributed by atoms with Crippen LogP contribution < -0.4 is 0 Å². The summed E-state index contributed by atoms with van der Waals surface area (Å²) in [6.45, 7) is 3.92. The molecule has 0 amide bonds. The number of carbonyl (C=O) groups excluding carboxylic acids is 1. The average molecular weight is 270 g/mol. The van der Waals surface area contributed by atoms with Gasteiger partial charge in [0.1, 0.15) is 0 Å². The van der Waals surface area contributed by atoms with E-state index in [1.54, 1.807) is 0 Å². The monoisotopic (exact) mass is 269 g/mol. The van der Waals surface area contributed by atoms with E-state index in [9.17, 15) is 9.90 Å². The number of aryl methyl sites for hydroxylation is 1. The predicted molar refractivity (Wildman–Crippen MR) is 72.5 cm³/mol. The van der Waals surface area contributed by atoms with Gasteiger partial charge in [0, 0.05) is 17.0 Å². The van der Waals surface area contributed by atoms with Crippen LogP contribution in [0.4, 0.5) is 0 Å². The molecular formula is C14H20ClNO2. The van der Waals surface area contributed by atoms with Crippen LogP contribution in [0.3, 0.4) is 0 Å². The van der Waals surface area contributed by atoms with Gasteiger partial charge in [-0.1, -0.05) is 12.8 Å². The van der Waals surface area contributed by atoms with Crippen molar-refractivity contribution in [1.29, 1.82) is 0 Å². The standard InChI is InChI=1S/C14H20ClNO2/c1-9-7-11(14(18)8-15)10(2)16(9)12-5-3-4-6-13(12)17/h7,12-13,17H,3-6,8H2,1-2H3. The second kappa shape index (κ2) is 5.45. The third kappa shape index (κ3) is 2.34. The van der Waals surface area contributed by atoms with E-state index in [1.165, 1.54) is 0 Å². The van der Waals surface area contributed by atoms with Crippen LogP contribution in [0.5, 0.6) is 0 Å². The van der Waals surface area contributed by atoms with Gasteiger partial charge in [-0.15, -0.1) is 11.6 Å². The number of hydrogen-bond acceptors (Lipinski definition) is 2. The molecule has 1 saturated carbocycles. The summed E-state index contributed by atoms with van der Waals surface area (Å²) in [5.41, 5.74) is 2.66. The highest BCUT2D eigenvalue weighted by Gasteiger charge is 2.28. The van der Waals surface area contributed by atoms with Gasteiger partial charge >= 0.3 is 0 Å². The molecule has 0 saturated heterocycles. The van der Waals surface area contributed by atoms with Crippen LogP contribution in [-0.2, 0) is 0 Å². The van der Waals surface area contributed by atoms with E-state index < -0.39 is 0 Å². The maximum absolute atomic E-state index is 11.8. The molecule has 1 aliphatic carbocycles. The maximum atomic E-state index is 11.8. The van der Waals surface area contributed by atoms with Crippen molar-refractivity contribution in [2.24, 2.45) is 0 Å². The van der Waals surface area contributed by atoms with Gasteiger partial charge in [-0.3, -0.25) is 4.79 Å². The Morgan fingerprint density at radius 2 is 2.11 bits per heavy atom. The molecule has 2 unspecified atom stereocenters. The summed E-state index contributed by atoms with van der Waals surface area (Å²) >= 11 is 5.63. The van der Waals surface area contributed by atoms with Crippen molar-refractivity contribution in [1.82, 2.24) is 4.57 Å². The fourth-order valence-electron chi connectivity index (χ4n) is 3.03. The van der Waals surface area contributed by atoms with Crippen molar-refractivity contribution in [3.05, 3.63) is 23.0 Å². The number of ketones is 1. The largest absolute Gasteiger partial charge is 0.391 e. The first kappa shape index (κ1) is 13.6. The number of alkyl halides is 1. The Balaban J connectivity index is 2.38. The highest BCUT2D eigenvalue weighted by atomic mass is 35.5. The molecule has 1 aromatic rings. The van der Waals surface area contributed by atoms with Crippen LogP contribution in [0.25, 0.3) is 0 Å². The molecule has 1 aromatic heterocycles. The fourth-order valence-corrected chi connectivity index (χ4v) is 3.18. The van der Waals surface area contributed by atoms with Crippen LogP contribution in [0.2, 0.25) is 0 Å². The first-order chi connectivity index (χ1) is 8.56. The summed E-state index contributed by atoms with van der Waals surface area (Å²) in [4.78, 5) is 11.8. The minimum atomic E-state index is -0.303. The van der Waals surface area contributed by atoms with Gasteiger partial charge in [0.25, 0.3) is 0 Å². The highest BCUT2D eigenvalue weighted by molar-refractivity contribution is 6.30. The molecule has 100 valence electrons. The molecule has 0 spiro atoms. The minimum absolute atomic E-state index is 0.0114. The van der Waals surface area contributed by atoms with Crippen molar-refractivity contribution in [2.45, 2.75) is 51.7 Å². The van der Waals surface area contributed by atoms with Crippen molar-refractivity contribution >= 4 is 17.4 Å². The number of aliphatic hydroxyl groups is 1. The van der Waals surface area contributed by atoms with Gasteiger partial charge in [-0.25, -0.2) is 0 Å². The molecule has 0 aliphatic heterocycles. The van der Waals surface area contributed by atoms with Gasteiger partial charge in [-0.05, 0) is 32.8 Å². The van der Waals surface area contributed by atoms with Crippen LogP contribution in [-0.4, -0.2) is 27.4 Å². The molecule has 18 heavy (non-hydrogen) atoms. The summed E-state index contributed by atoms with van der Waals surface area (Å²) in [5.74, 6) is -0.0290. The van der Waals surface area contributed by atoms with Crippen molar-refractivity contribution < 1.29 is 9.90 Å². The maximum Gasteiger partial charge on any atom is 0.179 e. The lowest BCUT2D eigenvalue weighted by atomic mass is 9.92. The molecule has 0 aromatic carbocycles. The zero-order valence-electron chi connectivity index (χ0n) is 10.9. The topological polar surface area (TPSA) is 42.2 Å². The molecule has 4 heteroatoms. The Hall–Kier alpha value is -0.800. The summed E-state index contributed by atoms with van der Waals surface area (Å²) in [7, 11) is 0. The second-order valence-electron chi connectivity index (χ2n) is 5.13. The third-order valence-corrected chi connectivity index (χ3v) is 4.17. The van der Waals surface area contributed by atoms with E-state index in [2.05, 4.69) is 4.57 Å². The van der Waals surface area contributed by atoms with Gasteiger partial charge in [-0.2, -0.15) is 0 Å². The van der Waals surface area contributed by atoms with Gasteiger partial charge in [0.2, 0.25) is 0 Å². The molecule has 3 nitrogen and oxygen atoms in total. The van der Waals surface area contributed by atoms with E-state index in [1.807, 2.05) is 19.9 Å². The molecule has 2 atom stereocenters. The van der Waals surface area contributed by atoms with E-state index in [0.717, 1.165) is 37.1 Å². The fraction of sp³-hybridized carbons (Fsp3) is 0.643. The predicted octanol–water partition coefficient (Wildman–Crippen LogP) is 3.00. The molecule has 1 aliphatic rings. The first-order valence-electron chi connectivity index (χ1n) is 6.52. The summed E-state index contributed by atoms with van der Waals surface area (Å²) in [6.07, 6.45) is 3.75. The van der Waals surface area contributed by atoms with E-state index in [4.69, 9.17) is 11.6 Å². The van der Waals surface area contributed by atoms with Crippen molar-refractivity contribution in [3.8, 4) is 0 Å². The van der Waals surface area contributed by atoms with Crippen LogP contribution in [0, 0.1) is 13.8 Å². The number of aromatic nitrogens is 1. The molecule has 1 fully saturated rings. The lowest BCUT2D eigenvalue weighted by Gasteiger charge is -2.31. The zero-order valence-corrected chi connectivity index (χ0v) is 11.7. The zero-order chi connectivity index (χ0) is 13.3. The van der Waals surface area contributed by atoms with Crippen LogP contribution in [0.1, 0.15) is 53.5 Å². The SMILES string of the molecule is Cc1cc(C(=O)CCl)c(C)n1C1CCCCC1O. The highest BCUT2D eigenvalue weighted by Crippen LogP contribution is 2.32. The lowest BCUT2D eigenvalue weighted by Crippen LogP contribution is -2.29. The third-order valence-electron chi connectivity index (χ3n) is 3.93. The number of hydrogen-bond donors (Lipinski definition) is 1. The van der Waals surface area contributed by atoms with Crippen LogP contribution in [0.15, 0.2) is 6.07 Å². The summed E-state index contributed by atoms with van der Waals surface area (Å²) in [6, 6.07) is 2.00. The first-order valence-corrected chi connectivity index (χ1v) is 7.05. The Morgan fingerprint density at radius 3 is 2.72 bits per heavy atom. The quantitative estimate of drug-likeness (QED) is 0.677. The molecule has 1 heterocycles. The van der Waals surface area contributed by atoms with E-state index in [0.29, 0.717) is 5.56 Å². The Labute approximate surface area is 113 Å². The number of halogens is 1. The Morgan fingerprint density at radius 1 is 1.44 bits per heavy atom. The van der Waals surface area contributed by atoms with Gasteiger partial charge in [0.15, 0.2) is 5.78 Å². The Bertz CT molecular complexity index is 453. The van der Waals surface area contributed by atoms with Gasteiger partial charge in [0.05, 0.1) is 18.0 Å². The normalized spacial score (nSPS) is 24.2. The van der Waals surface area contributed by atoms with Gasteiger partial charge < -0.3 is 9.67 Å². The van der Waals surface area contributed by atoms with Crippen LogP contribution >= 0.6 is 11.6 Å². The molecule has 0 radical (unpaired) electrons. The van der Waals surface area contributed by atoms with Crippen molar-refractivity contribution in [2.75, 3.05) is 5.88 Å². The second-order valence-corrected chi connectivity index (χ2v) is 5.40. The molecule has 0 bridgehead atoms. The summed E-state index contributed by atoms with van der Waals surface area (Å²) < 4.78 is 2.11. The average Bonchev–Trinajstić information content (AvgIpc) is 2.65. The Kier molecular flexibility index (Phi) is 4.13. The molecule has 2 rings (SSSR count). The smallest absolute Gasteiger partial charge is 0.179 e. The summed E-state index contributed by atoms with van der Waals surface area (Å²) in [5, 5.41) is 10.1. The van der Waals surface area contributed by atoms with E-state index in [-0.39, 0.29) is 23.8 Å².